The van der Waals surface area contributed by atoms with Crippen LogP contribution in [0.3, 0.4) is 0 Å². The molecule has 0 atom stereocenters. The molecule has 36 heavy (non-hydrogen) atoms. The normalized spacial score (nSPS) is 15.2. The summed E-state index contributed by atoms with van der Waals surface area (Å²) in [5, 5.41) is 12.2. The van der Waals surface area contributed by atoms with Crippen molar-refractivity contribution in [2.45, 2.75) is 32.1 Å². The molecule has 0 aliphatic carbocycles. The molecule has 1 aliphatic rings. The van der Waals surface area contributed by atoms with Crippen molar-refractivity contribution in [3.8, 4) is 6.07 Å². The number of hydrogen-bond donors (Lipinski definition) is 1. The van der Waals surface area contributed by atoms with Crippen molar-refractivity contribution >= 4 is 29.0 Å². The van der Waals surface area contributed by atoms with Gasteiger partial charge in [-0.1, -0.05) is 18.2 Å². The standard InChI is InChI=1S/C26H20F4N4O2/c1-25(2)23(35)34(19-11-12-21(27)20(13-19)26(28,29)30)24(36)33(25)15-17-5-3-4-6-22(17)32-18-9-7-16(14-31)8-10-18/h3-13,32H,15H2,1-2H3. The summed E-state index contributed by atoms with van der Waals surface area (Å²) in [7, 11) is 0. The van der Waals surface area contributed by atoms with E-state index >= 15 is 0 Å². The van der Waals surface area contributed by atoms with E-state index in [4.69, 9.17) is 5.26 Å². The number of urea groups is 1. The number of hydrogen-bond acceptors (Lipinski definition) is 4. The number of para-hydroxylation sites is 1. The third-order valence-corrected chi connectivity index (χ3v) is 5.98. The Balaban J connectivity index is 1.65. The predicted octanol–water partition coefficient (Wildman–Crippen LogP) is 6.21. The minimum atomic E-state index is -4.99. The number of halogens is 4. The van der Waals surface area contributed by atoms with Crippen molar-refractivity contribution < 1.29 is 27.2 Å². The van der Waals surface area contributed by atoms with E-state index in [0.717, 1.165) is 6.07 Å². The smallest absolute Gasteiger partial charge is 0.355 e. The van der Waals surface area contributed by atoms with Crippen LogP contribution in [0.1, 0.15) is 30.5 Å². The van der Waals surface area contributed by atoms with Crippen LogP contribution in [0.4, 0.5) is 39.4 Å². The van der Waals surface area contributed by atoms with Crippen molar-refractivity contribution in [3.63, 3.8) is 0 Å². The summed E-state index contributed by atoms with van der Waals surface area (Å²) in [4.78, 5) is 28.4. The summed E-state index contributed by atoms with van der Waals surface area (Å²) >= 11 is 0. The Morgan fingerprint density at radius 3 is 2.31 bits per heavy atom. The van der Waals surface area contributed by atoms with Gasteiger partial charge in [-0.15, -0.1) is 0 Å². The summed E-state index contributed by atoms with van der Waals surface area (Å²) in [6.45, 7) is 2.97. The van der Waals surface area contributed by atoms with Crippen LogP contribution in [0, 0.1) is 17.1 Å². The minimum absolute atomic E-state index is 0.0269. The van der Waals surface area contributed by atoms with E-state index in [1.165, 1.54) is 18.7 Å². The number of carbonyl (C=O) groups is 2. The van der Waals surface area contributed by atoms with Gasteiger partial charge in [-0.05, 0) is 67.9 Å². The molecule has 0 unspecified atom stereocenters. The number of carbonyl (C=O) groups excluding carboxylic acids is 2. The fourth-order valence-corrected chi connectivity index (χ4v) is 3.93. The summed E-state index contributed by atoms with van der Waals surface area (Å²) in [6, 6.07) is 17.0. The zero-order valence-electron chi connectivity index (χ0n) is 19.2. The van der Waals surface area contributed by atoms with Gasteiger partial charge in [0.2, 0.25) is 0 Å². The number of rotatable bonds is 5. The van der Waals surface area contributed by atoms with Gasteiger partial charge in [0, 0.05) is 11.4 Å². The summed E-state index contributed by atoms with van der Waals surface area (Å²) < 4.78 is 53.5. The second kappa shape index (κ2) is 9.00. The number of imide groups is 1. The predicted molar refractivity (Wildman–Crippen MR) is 125 cm³/mol. The number of amides is 3. The highest BCUT2D eigenvalue weighted by molar-refractivity contribution is 6.23. The highest BCUT2D eigenvalue weighted by Crippen LogP contribution is 2.38. The highest BCUT2D eigenvalue weighted by Gasteiger charge is 2.52. The molecule has 1 N–H and O–H groups in total. The molecule has 4 rings (SSSR count). The van der Waals surface area contributed by atoms with Gasteiger partial charge in [-0.25, -0.2) is 14.1 Å². The Labute approximate surface area is 204 Å². The van der Waals surface area contributed by atoms with Crippen molar-refractivity contribution in [1.82, 2.24) is 4.90 Å². The number of anilines is 3. The van der Waals surface area contributed by atoms with Crippen LogP contribution in [0.25, 0.3) is 0 Å². The van der Waals surface area contributed by atoms with Crippen molar-refractivity contribution in [1.29, 1.82) is 5.26 Å². The van der Waals surface area contributed by atoms with Crippen LogP contribution in [0.15, 0.2) is 66.7 Å². The van der Waals surface area contributed by atoms with E-state index < -0.39 is 35.0 Å². The summed E-state index contributed by atoms with van der Waals surface area (Å²) in [5.74, 6) is -2.23. The Morgan fingerprint density at radius 1 is 1.00 bits per heavy atom. The Bertz CT molecular complexity index is 1380. The summed E-state index contributed by atoms with van der Waals surface area (Å²) in [6.07, 6.45) is -4.99. The second-order valence-electron chi connectivity index (χ2n) is 8.70. The average Bonchev–Trinajstić information content (AvgIpc) is 2.99. The Morgan fingerprint density at radius 2 is 1.67 bits per heavy atom. The monoisotopic (exact) mass is 496 g/mol. The minimum Gasteiger partial charge on any atom is -0.355 e. The number of alkyl halides is 3. The van der Waals surface area contributed by atoms with Gasteiger partial charge in [0.25, 0.3) is 5.91 Å². The fraction of sp³-hybridized carbons (Fsp3) is 0.192. The average molecular weight is 496 g/mol. The lowest BCUT2D eigenvalue weighted by Crippen LogP contribution is -2.43. The van der Waals surface area contributed by atoms with Crippen LogP contribution >= 0.6 is 0 Å². The van der Waals surface area contributed by atoms with E-state index in [1.807, 2.05) is 6.07 Å². The molecule has 3 aromatic rings. The van der Waals surface area contributed by atoms with Crippen LogP contribution in [-0.2, 0) is 17.5 Å². The molecule has 0 radical (unpaired) electrons. The second-order valence-corrected chi connectivity index (χ2v) is 8.70. The van der Waals surface area contributed by atoms with E-state index in [9.17, 15) is 27.2 Å². The zero-order valence-corrected chi connectivity index (χ0v) is 19.2. The quantitative estimate of drug-likeness (QED) is 0.337. The van der Waals surface area contributed by atoms with Crippen molar-refractivity contribution in [3.05, 3.63) is 89.2 Å². The highest BCUT2D eigenvalue weighted by atomic mass is 19.4. The lowest BCUT2D eigenvalue weighted by Gasteiger charge is -2.28. The molecule has 3 amide bonds. The van der Waals surface area contributed by atoms with Gasteiger partial charge in [0.15, 0.2) is 0 Å². The third kappa shape index (κ3) is 4.47. The molecule has 0 spiro atoms. The van der Waals surface area contributed by atoms with Crippen LogP contribution in [0.5, 0.6) is 0 Å². The van der Waals surface area contributed by atoms with Crippen LogP contribution < -0.4 is 10.2 Å². The molecule has 0 aromatic heterocycles. The zero-order chi connectivity index (χ0) is 26.3. The van der Waals surface area contributed by atoms with E-state index in [1.54, 1.807) is 48.5 Å². The van der Waals surface area contributed by atoms with Gasteiger partial charge in [-0.2, -0.15) is 18.4 Å². The van der Waals surface area contributed by atoms with Gasteiger partial charge in [0.1, 0.15) is 11.4 Å². The molecule has 10 heteroatoms. The molecular weight excluding hydrogens is 476 g/mol. The van der Waals surface area contributed by atoms with E-state index in [2.05, 4.69) is 5.32 Å². The largest absolute Gasteiger partial charge is 0.419 e. The molecule has 6 nitrogen and oxygen atoms in total. The van der Waals surface area contributed by atoms with E-state index in [0.29, 0.717) is 39.5 Å². The molecular formula is C26H20F4N4O2. The molecule has 0 bridgehead atoms. The van der Waals surface area contributed by atoms with Gasteiger partial charge >= 0.3 is 12.2 Å². The molecule has 184 valence electrons. The van der Waals surface area contributed by atoms with Gasteiger partial charge in [-0.3, -0.25) is 4.79 Å². The lowest BCUT2D eigenvalue weighted by atomic mass is 10.0. The number of nitrogens with zero attached hydrogens (tertiary/aromatic N) is 3. The maximum absolute atomic E-state index is 13.8. The Kier molecular flexibility index (Phi) is 6.18. The number of benzene rings is 3. The summed E-state index contributed by atoms with van der Waals surface area (Å²) in [5.41, 5.74) is -0.840. The molecule has 3 aromatic carbocycles. The van der Waals surface area contributed by atoms with Crippen LogP contribution in [-0.4, -0.2) is 22.4 Å². The first-order chi connectivity index (χ1) is 16.9. The van der Waals surface area contributed by atoms with Gasteiger partial charge in [0.05, 0.1) is 29.4 Å². The lowest BCUT2D eigenvalue weighted by molar-refractivity contribution is -0.140. The maximum Gasteiger partial charge on any atom is 0.419 e. The molecule has 1 fully saturated rings. The number of nitrogens with one attached hydrogen (secondary N) is 1. The number of nitriles is 1. The van der Waals surface area contributed by atoms with Crippen molar-refractivity contribution in [2.24, 2.45) is 0 Å². The van der Waals surface area contributed by atoms with Crippen molar-refractivity contribution in [2.75, 3.05) is 10.2 Å². The molecule has 1 saturated heterocycles. The fourth-order valence-electron chi connectivity index (χ4n) is 3.93. The first kappa shape index (κ1) is 24.7. The first-order valence-electron chi connectivity index (χ1n) is 10.8. The first-order valence-corrected chi connectivity index (χ1v) is 10.8. The third-order valence-electron chi connectivity index (χ3n) is 5.98. The Hall–Kier alpha value is -4.39. The maximum atomic E-state index is 13.8. The SMILES string of the molecule is CC1(C)C(=O)N(c2ccc(F)c(C(F)(F)F)c2)C(=O)N1Cc1ccccc1Nc1ccc(C#N)cc1. The molecule has 0 saturated carbocycles. The molecule has 1 heterocycles. The molecule has 1 aliphatic heterocycles. The van der Waals surface area contributed by atoms with E-state index in [-0.39, 0.29) is 12.2 Å². The van der Waals surface area contributed by atoms with Gasteiger partial charge < -0.3 is 10.2 Å². The topological polar surface area (TPSA) is 76.4 Å². The van der Waals surface area contributed by atoms with Crippen LogP contribution in [0.2, 0.25) is 0 Å².